The van der Waals surface area contributed by atoms with Crippen molar-refractivity contribution < 1.29 is 22.7 Å². The Morgan fingerprint density at radius 3 is 2.62 bits per heavy atom. The molecule has 4 rings (SSSR count). The fourth-order valence-corrected chi connectivity index (χ4v) is 6.81. The molecule has 1 saturated heterocycles. The van der Waals surface area contributed by atoms with Crippen LogP contribution in [-0.4, -0.2) is 45.7 Å². The molecule has 1 saturated carbocycles. The van der Waals surface area contributed by atoms with Gasteiger partial charge in [0.05, 0.1) is 31.3 Å². The molecule has 2 aliphatic heterocycles. The van der Waals surface area contributed by atoms with E-state index in [1.807, 2.05) is 18.2 Å². The largest absolute Gasteiger partial charge is 0.493 e. The summed E-state index contributed by atoms with van der Waals surface area (Å²) in [5, 5.41) is 6.06. The van der Waals surface area contributed by atoms with Crippen LogP contribution in [0.2, 0.25) is 0 Å². The second-order valence-electron chi connectivity index (χ2n) is 7.45. The SMILES string of the molecule is COc1cccc2c1OCCC2NC(=O)NC1CC2CS(=O)(=O)CC2C1. The normalized spacial score (nSPS) is 31.4. The molecule has 7 nitrogen and oxygen atoms in total. The molecule has 1 aromatic rings. The second kappa shape index (κ2) is 6.64. The van der Waals surface area contributed by atoms with Gasteiger partial charge in [0, 0.05) is 18.0 Å². The zero-order valence-corrected chi connectivity index (χ0v) is 15.6. The highest BCUT2D eigenvalue weighted by atomic mass is 32.2. The van der Waals surface area contributed by atoms with Gasteiger partial charge in [-0.25, -0.2) is 13.2 Å². The van der Waals surface area contributed by atoms with E-state index >= 15 is 0 Å². The van der Waals surface area contributed by atoms with Crippen LogP contribution in [0.25, 0.3) is 0 Å². The number of rotatable bonds is 3. The first-order valence-electron chi connectivity index (χ1n) is 9.02. The van der Waals surface area contributed by atoms with E-state index in [1.54, 1.807) is 7.11 Å². The smallest absolute Gasteiger partial charge is 0.315 e. The quantitative estimate of drug-likeness (QED) is 0.831. The third kappa shape index (κ3) is 3.34. The summed E-state index contributed by atoms with van der Waals surface area (Å²) in [5.41, 5.74) is 0.917. The summed E-state index contributed by atoms with van der Waals surface area (Å²) in [6, 6.07) is 5.37. The van der Waals surface area contributed by atoms with Gasteiger partial charge < -0.3 is 20.1 Å². The summed E-state index contributed by atoms with van der Waals surface area (Å²) in [5.74, 6) is 2.28. The van der Waals surface area contributed by atoms with Crippen LogP contribution in [-0.2, 0) is 9.84 Å². The molecule has 1 aromatic carbocycles. The van der Waals surface area contributed by atoms with Gasteiger partial charge in [-0.15, -0.1) is 0 Å². The minimum Gasteiger partial charge on any atom is -0.493 e. The van der Waals surface area contributed by atoms with Crippen molar-refractivity contribution in [1.82, 2.24) is 10.6 Å². The molecule has 8 heteroatoms. The van der Waals surface area contributed by atoms with Crippen LogP contribution in [0.1, 0.15) is 30.9 Å². The summed E-state index contributed by atoms with van der Waals surface area (Å²) >= 11 is 0. The molecule has 1 aliphatic carbocycles. The van der Waals surface area contributed by atoms with Crippen LogP contribution in [0, 0.1) is 11.8 Å². The number of hydrogen-bond donors (Lipinski definition) is 2. The molecule has 2 heterocycles. The van der Waals surface area contributed by atoms with Crippen LogP contribution in [0.5, 0.6) is 11.5 Å². The molecule has 0 aromatic heterocycles. The van der Waals surface area contributed by atoms with E-state index in [9.17, 15) is 13.2 Å². The molecule has 0 spiro atoms. The lowest BCUT2D eigenvalue weighted by molar-refractivity contribution is 0.216. The molecule has 142 valence electrons. The average Bonchev–Trinajstić information content (AvgIpc) is 3.06. The Hall–Kier alpha value is -1.96. The predicted molar refractivity (Wildman–Crippen MR) is 96.2 cm³/mol. The van der Waals surface area contributed by atoms with E-state index in [2.05, 4.69) is 10.6 Å². The number of urea groups is 1. The Kier molecular flexibility index (Phi) is 4.46. The minimum absolute atomic E-state index is 0.0464. The topological polar surface area (TPSA) is 93.7 Å². The van der Waals surface area contributed by atoms with Gasteiger partial charge in [0.2, 0.25) is 0 Å². The van der Waals surface area contributed by atoms with Crippen molar-refractivity contribution >= 4 is 15.9 Å². The lowest BCUT2D eigenvalue weighted by Gasteiger charge is -2.28. The molecule has 2 fully saturated rings. The number of nitrogens with one attached hydrogen (secondary N) is 2. The standard InChI is InChI=1S/C18H24N2O5S/c1-24-16-4-2-3-14-15(5-6-25-17(14)16)20-18(21)19-13-7-11-9-26(22,23)10-12(11)8-13/h2-4,11-13,15H,5-10H2,1H3,(H2,19,20,21). The Morgan fingerprint density at radius 1 is 1.19 bits per heavy atom. The number of para-hydroxylation sites is 1. The summed E-state index contributed by atoms with van der Waals surface area (Å²) in [7, 11) is -1.28. The lowest BCUT2D eigenvalue weighted by Crippen LogP contribution is -2.44. The second-order valence-corrected chi connectivity index (χ2v) is 9.61. The van der Waals surface area contributed by atoms with Gasteiger partial charge in [-0.05, 0) is 30.7 Å². The first-order chi connectivity index (χ1) is 12.4. The molecule has 0 radical (unpaired) electrons. The van der Waals surface area contributed by atoms with Crippen molar-refractivity contribution in [2.75, 3.05) is 25.2 Å². The van der Waals surface area contributed by atoms with Crippen LogP contribution < -0.4 is 20.1 Å². The van der Waals surface area contributed by atoms with E-state index < -0.39 is 9.84 Å². The monoisotopic (exact) mass is 380 g/mol. The summed E-state index contributed by atoms with van der Waals surface area (Å²) < 4.78 is 34.4. The van der Waals surface area contributed by atoms with Crippen molar-refractivity contribution in [3.05, 3.63) is 23.8 Å². The number of carbonyl (C=O) groups is 1. The third-order valence-electron chi connectivity index (χ3n) is 5.68. The number of hydrogen-bond acceptors (Lipinski definition) is 5. The molecule has 2 amide bonds. The fourth-order valence-electron chi connectivity index (χ4n) is 4.55. The number of amides is 2. The molecule has 3 aliphatic rings. The maximum absolute atomic E-state index is 12.5. The van der Waals surface area contributed by atoms with Gasteiger partial charge in [-0.3, -0.25) is 0 Å². The van der Waals surface area contributed by atoms with Crippen molar-refractivity contribution in [3.8, 4) is 11.5 Å². The predicted octanol–water partition coefficient (Wildman–Crippen LogP) is 1.64. The maximum Gasteiger partial charge on any atom is 0.315 e. The molecule has 0 bridgehead atoms. The van der Waals surface area contributed by atoms with E-state index in [4.69, 9.17) is 9.47 Å². The number of sulfone groups is 1. The maximum atomic E-state index is 12.5. The van der Waals surface area contributed by atoms with E-state index in [0.717, 1.165) is 18.4 Å². The van der Waals surface area contributed by atoms with Gasteiger partial charge in [0.15, 0.2) is 21.3 Å². The number of benzene rings is 1. The van der Waals surface area contributed by atoms with Crippen molar-refractivity contribution in [2.45, 2.75) is 31.3 Å². The number of carbonyl (C=O) groups excluding carboxylic acids is 1. The molecule has 3 atom stereocenters. The summed E-state index contributed by atoms with van der Waals surface area (Å²) in [6.45, 7) is 0.518. The first-order valence-corrected chi connectivity index (χ1v) is 10.8. The Labute approximate surface area is 153 Å². The lowest BCUT2D eigenvalue weighted by atomic mass is 10.00. The third-order valence-corrected chi connectivity index (χ3v) is 7.55. The number of methoxy groups -OCH3 is 1. The van der Waals surface area contributed by atoms with Crippen molar-refractivity contribution in [2.24, 2.45) is 11.8 Å². The molecular formula is C18H24N2O5S. The van der Waals surface area contributed by atoms with Crippen molar-refractivity contribution in [1.29, 1.82) is 0 Å². The van der Waals surface area contributed by atoms with Crippen LogP contribution in [0.15, 0.2) is 18.2 Å². The first kappa shape index (κ1) is 17.5. The van der Waals surface area contributed by atoms with Gasteiger partial charge in [-0.2, -0.15) is 0 Å². The summed E-state index contributed by atoms with van der Waals surface area (Å²) in [6.07, 6.45) is 2.19. The molecule has 2 N–H and O–H groups in total. The Balaban J connectivity index is 1.37. The van der Waals surface area contributed by atoms with E-state index in [-0.39, 0.29) is 41.5 Å². The van der Waals surface area contributed by atoms with E-state index in [0.29, 0.717) is 24.5 Å². The molecular weight excluding hydrogens is 356 g/mol. The number of ether oxygens (including phenoxy) is 2. The molecule has 26 heavy (non-hydrogen) atoms. The molecule has 3 unspecified atom stereocenters. The van der Waals surface area contributed by atoms with Crippen molar-refractivity contribution in [3.63, 3.8) is 0 Å². The van der Waals surface area contributed by atoms with Gasteiger partial charge in [0.25, 0.3) is 0 Å². The Morgan fingerprint density at radius 2 is 1.92 bits per heavy atom. The van der Waals surface area contributed by atoms with Gasteiger partial charge >= 0.3 is 6.03 Å². The fraction of sp³-hybridized carbons (Fsp3) is 0.611. The van der Waals surface area contributed by atoms with Crippen LogP contribution >= 0.6 is 0 Å². The summed E-state index contributed by atoms with van der Waals surface area (Å²) in [4.78, 5) is 12.5. The van der Waals surface area contributed by atoms with Crippen LogP contribution in [0.4, 0.5) is 4.79 Å². The van der Waals surface area contributed by atoms with E-state index in [1.165, 1.54) is 0 Å². The van der Waals surface area contributed by atoms with Crippen LogP contribution in [0.3, 0.4) is 0 Å². The highest BCUT2D eigenvalue weighted by Gasteiger charge is 2.44. The zero-order chi connectivity index (χ0) is 18.3. The Bertz CT molecular complexity index is 790. The van der Waals surface area contributed by atoms with Gasteiger partial charge in [-0.1, -0.05) is 12.1 Å². The zero-order valence-electron chi connectivity index (χ0n) is 14.7. The van der Waals surface area contributed by atoms with Gasteiger partial charge in [0.1, 0.15) is 0 Å². The highest BCUT2D eigenvalue weighted by molar-refractivity contribution is 7.91. The minimum atomic E-state index is -2.87. The highest BCUT2D eigenvalue weighted by Crippen LogP contribution is 2.40. The number of fused-ring (bicyclic) bond motifs is 2. The average molecular weight is 380 g/mol.